The minimum atomic E-state index is -0.395. The molecule has 2 aromatic rings. The second-order valence-corrected chi connectivity index (χ2v) is 6.63. The number of amides is 3. The zero-order valence-corrected chi connectivity index (χ0v) is 15.8. The molecule has 0 bridgehead atoms. The van der Waals surface area contributed by atoms with Crippen molar-refractivity contribution in [3.63, 3.8) is 0 Å². The molecule has 0 saturated carbocycles. The highest BCUT2D eigenvalue weighted by molar-refractivity contribution is 5.94. The largest absolute Gasteiger partial charge is 0.494 e. The standard InChI is InChI=1S/C21H24FN3O3/c1-2-28-19-8-6-15(7-9-19)20(26)23-17-10-12-25(13-11-17)21(27)24-18-5-3-4-16(22)14-18/h3-9,14,17H,2,10-13H2,1H3,(H,23,26)(H,24,27). The Morgan fingerprint density at radius 1 is 1.14 bits per heavy atom. The van der Waals surface area contributed by atoms with E-state index in [0.717, 1.165) is 5.75 Å². The Labute approximate surface area is 163 Å². The summed E-state index contributed by atoms with van der Waals surface area (Å²) in [5.74, 6) is 0.205. The van der Waals surface area contributed by atoms with E-state index < -0.39 is 5.82 Å². The van der Waals surface area contributed by atoms with Gasteiger partial charge in [-0.15, -0.1) is 0 Å². The normalized spacial score (nSPS) is 14.4. The number of urea groups is 1. The van der Waals surface area contributed by atoms with Crippen molar-refractivity contribution >= 4 is 17.6 Å². The molecule has 0 unspecified atom stereocenters. The van der Waals surface area contributed by atoms with Gasteiger partial charge in [0.15, 0.2) is 0 Å². The van der Waals surface area contributed by atoms with Crippen LogP contribution in [0.2, 0.25) is 0 Å². The van der Waals surface area contributed by atoms with Crippen molar-refractivity contribution in [2.45, 2.75) is 25.8 Å². The Hall–Kier alpha value is -3.09. The van der Waals surface area contributed by atoms with E-state index in [-0.39, 0.29) is 18.0 Å². The highest BCUT2D eigenvalue weighted by atomic mass is 19.1. The summed E-state index contributed by atoms with van der Waals surface area (Å²) in [4.78, 5) is 26.4. The Morgan fingerprint density at radius 3 is 2.50 bits per heavy atom. The van der Waals surface area contributed by atoms with Crippen LogP contribution in [0.1, 0.15) is 30.1 Å². The molecule has 1 saturated heterocycles. The molecular weight excluding hydrogens is 361 g/mol. The molecule has 7 heteroatoms. The zero-order valence-electron chi connectivity index (χ0n) is 15.8. The molecule has 6 nitrogen and oxygen atoms in total. The maximum atomic E-state index is 13.2. The van der Waals surface area contributed by atoms with Gasteiger partial charge >= 0.3 is 6.03 Å². The minimum Gasteiger partial charge on any atom is -0.494 e. The summed E-state index contributed by atoms with van der Waals surface area (Å²) in [6, 6.07) is 12.6. The fraction of sp³-hybridized carbons (Fsp3) is 0.333. The van der Waals surface area contributed by atoms with E-state index in [9.17, 15) is 14.0 Å². The number of nitrogens with one attached hydrogen (secondary N) is 2. The zero-order chi connectivity index (χ0) is 19.9. The molecule has 0 radical (unpaired) electrons. The third kappa shape index (κ3) is 5.22. The summed E-state index contributed by atoms with van der Waals surface area (Å²) in [5, 5.41) is 5.71. The first kappa shape index (κ1) is 19.7. The van der Waals surface area contributed by atoms with Crippen LogP contribution in [0, 0.1) is 5.82 Å². The number of carbonyl (C=O) groups excluding carboxylic acids is 2. The van der Waals surface area contributed by atoms with Crippen molar-refractivity contribution in [1.29, 1.82) is 0 Å². The number of benzene rings is 2. The van der Waals surface area contributed by atoms with Crippen LogP contribution in [0.4, 0.5) is 14.9 Å². The van der Waals surface area contributed by atoms with Gasteiger partial charge in [0.05, 0.1) is 6.61 Å². The molecule has 28 heavy (non-hydrogen) atoms. The average molecular weight is 385 g/mol. The number of hydrogen-bond donors (Lipinski definition) is 2. The molecule has 148 valence electrons. The predicted octanol–water partition coefficient (Wildman–Crippen LogP) is 3.65. The van der Waals surface area contributed by atoms with Crippen LogP contribution in [0.3, 0.4) is 0 Å². The number of carbonyl (C=O) groups is 2. The SMILES string of the molecule is CCOc1ccc(C(=O)NC2CCN(C(=O)Nc3cccc(F)c3)CC2)cc1. The van der Waals surface area contributed by atoms with E-state index in [2.05, 4.69) is 10.6 Å². The van der Waals surface area contributed by atoms with Crippen LogP contribution in [-0.2, 0) is 0 Å². The fourth-order valence-electron chi connectivity index (χ4n) is 3.13. The van der Waals surface area contributed by atoms with Crippen LogP contribution >= 0.6 is 0 Å². The molecule has 1 fully saturated rings. The predicted molar refractivity (Wildman–Crippen MR) is 105 cm³/mol. The first-order chi connectivity index (χ1) is 13.5. The molecule has 2 aromatic carbocycles. The van der Waals surface area contributed by atoms with Crippen LogP contribution in [0.25, 0.3) is 0 Å². The lowest BCUT2D eigenvalue weighted by atomic mass is 10.0. The monoisotopic (exact) mass is 385 g/mol. The number of likely N-dealkylation sites (tertiary alicyclic amines) is 1. The highest BCUT2D eigenvalue weighted by Crippen LogP contribution is 2.16. The molecule has 1 aliphatic rings. The van der Waals surface area contributed by atoms with Crippen LogP contribution < -0.4 is 15.4 Å². The lowest BCUT2D eigenvalue weighted by Crippen LogP contribution is -2.47. The number of ether oxygens (including phenoxy) is 1. The maximum absolute atomic E-state index is 13.2. The third-order valence-electron chi connectivity index (χ3n) is 4.62. The van der Waals surface area contributed by atoms with Gasteiger partial charge < -0.3 is 20.3 Å². The summed E-state index contributed by atoms with van der Waals surface area (Å²) < 4.78 is 18.6. The molecule has 1 aliphatic heterocycles. The molecule has 3 amide bonds. The number of halogens is 1. The second kappa shape index (κ2) is 9.21. The first-order valence-electron chi connectivity index (χ1n) is 9.40. The van der Waals surface area contributed by atoms with Crippen molar-refractivity contribution in [3.8, 4) is 5.75 Å². The summed E-state index contributed by atoms with van der Waals surface area (Å²) in [6.07, 6.45) is 1.33. The van der Waals surface area contributed by atoms with Gasteiger partial charge in [-0.1, -0.05) is 6.07 Å². The molecule has 0 aromatic heterocycles. The van der Waals surface area contributed by atoms with Gasteiger partial charge in [0.2, 0.25) is 0 Å². The average Bonchev–Trinajstić information content (AvgIpc) is 2.69. The highest BCUT2D eigenvalue weighted by Gasteiger charge is 2.24. The minimum absolute atomic E-state index is 0.0114. The lowest BCUT2D eigenvalue weighted by molar-refractivity contribution is 0.0919. The number of rotatable bonds is 5. The van der Waals surface area contributed by atoms with Gasteiger partial charge in [0, 0.05) is 30.4 Å². The number of nitrogens with zero attached hydrogens (tertiary/aromatic N) is 1. The fourth-order valence-corrected chi connectivity index (χ4v) is 3.13. The van der Waals surface area contributed by atoms with Crippen molar-refractivity contribution in [2.24, 2.45) is 0 Å². The van der Waals surface area contributed by atoms with Crippen molar-refractivity contribution in [3.05, 3.63) is 59.9 Å². The third-order valence-corrected chi connectivity index (χ3v) is 4.62. The van der Waals surface area contributed by atoms with Crippen molar-refractivity contribution < 1.29 is 18.7 Å². The molecule has 3 rings (SSSR count). The summed E-state index contributed by atoms with van der Waals surface area (Å²) >= 11 is 0. The first-order valence-corrected chi connectivity index (χ1v) is 9.40. The van der Waals surface area contributed by atoms with E-state index >= 15 is 0 Å². The summed E-state index contributed by atoms with van der Waals surface area (Å²) in [6.45, 7) is 3.53. The van der Waals surface area contributed by atoms with E-state index in [1.165, 1.54) is 12.1 Å². The van der Waals surface area contributed by atoms with E-state index in [1.54, 1.807) is 41.3 Å². The van der Waals surface area contributed by atoms with Gasteiger partial charge in [-0.05, 0) is 62.2 Å². The molecule has 2 N–H and O–H groups in total. The summed E-state index contributed by atoms with van der Waals surface area (Å²) in [5.41, 5.74) is 1.01. The van der Waals surface area contributed by atoms with Crippen LogP contribution in [0.15, 0.2) is 48.5 Å². The number of piperidine rings is 1. The Kier molecular flexibility index (Phi) is 6.47. The summed E-state index contributed by atoms with van der Waals surface area (Å²) in [7, 11) is 0. The lowest BCUT2D eigenvalue weighted by Gasteiger charge is -2.32. The Morgan fingerprint density at radius 2 is 1.86 bits per heavy atom. The second-order valence-electron chi connectivity index (χ2n) is 6.63. The smallest absolute Gasteiger partial charge is 0.321 e. The molecule has 0 aliphatic carbocycles. The number of anilines is 1. The Balaban J connectivity index is 1.46. The molecule has 0 atom stereocenters. The quantitative estimate of drug-likeness (QED) is 0.825. The van der Waals surface area contributed by atoms with Crippen molar-refractivity contribution in [1.82, 2.24) is 10.2 Å². The molecule has 0 spiro atoms. The topological polar surface area (TPSA) is 70.7 Å². The van der Waals surface area contributed by atoms with E-state index in [1.807, 2.05) is 6.92 Å². The molecular formula is C21H24FN3O3. The van der Waals surface area contributed by atoms with Gasteiger partial charge in [-0.3, -0.25) is 4.79 Å². The van der Waals surface area contributed by atoms with Crippen molar-refractivity contribution in [2.75, 3.05) is 25.0 Å². The van der Waals surface area contributed by atoms with Gasteiger partial charge in [-0.25, -0.2) is 9.18 Å². The molecule has 1 heterocycles. The van der Waals surface area contributed by atoms with Crippen LogP contribution in [-0.4, -0.2) is 42.6 Å². The number of hydrogen-bond acceptors (Lipinski definition) is 3. The maximum Gasteiger partial charge on any atom is 0.321 e. The van der Waals surface area contributed by atoms with Gasteiger partial charge in [0.25, 0.3) is 5.91 Å². The van der Waals surface area contributed by atoms with E-state index in [0.29, 0.717) is 43.8 Å². The van der Waals surface area contributed by atoms with E-state index in [4.69, 9.17) is 4.74 Å². The van der Waals surface area contributed by atoms with Gasteiger partial charge in [0.1, 0.15) is 11.6 Å². The Bertz CT molecular complexity index is 818. The van der Waals surface area contributed by atoms with Gasteiger partial charge in [-0.2, -0.15) is 0 Å². The van der Waals surface area contributed by atoms with Crippen LogP contribution in [0.5, 0.6) is 5.75 Å².